The van der Waals surface area contributed by atoms with Crippen molar-refractivity contribution in [3.63, 3.8) is 0 Å². The molecule has 1 amide bonds. The van der Waals surface area contributed by atoms with E-state index in [1.165, 1.54) is 22.9 Å². The summed E-state index contributed by atoms with van der Waals surface area (Å²) in [7, 11) is 0. The van der Waals surface area contributed by atoms with Gasteiger partial charge < -0.3 is 4.42 Å². The summed E-state index contributed by atoms with van der Waals surface area (Å²) in [6, 6.07) is 9.65. The lowest BCUT2D eigenvalue weighted by molar-refractivity contribution is -0.113. The molecule has 4 rings (SSSR count). The molecule has 0 bridgehead atoms. The van der Waals surface area contributed by atoms with Gasteiger partial charge in [-0.05, 0) is 62.6 Å². The van der Waals surface area contributed by atoms with Crippen LogP contribution in [0.4, 0.5) is 5.69 Å². The lowest BCUT2D eigenvalue weighted by Crippen LogP contribution is -2.28. The van der Waals surface area contributed by atoms with Crippen molar-refractivity contribution in [2.24, 2.45) is 0 Å². The van der Waals surface area contributed by atoms with E-state index in [1.54, 1.807) is 6.08 Å². The highest BCUT2D eigenvalue weighted by Gasteiger charge is 2.34. The first-order chi connectivity index (χ1) is 13.8. The molecular formula is C23H19NO3S2. The summed E-state index contributed by atoms with van der Waals surface area (Å²) in [6.45, 7) is 7.80. The maximum atomic E-state index is 13.1. The number of anilines is 1. The molecule has 0 atom stereocenters. The molecular weight excluding hydrogens is 402 g/mol. The van der Waals surface area contributed by atoms with E-state index in [2.05, 4.69) is 0 Å². The van der Waals surface area contributed by atoms with Gasteiger partial charge in [0.1, 0.15) is 11.8 Å². The Kier molecular flexibility index (Phi) is 4.92. The van der Waals surface area contributed by atoms with E-state index in [-0.39, 0.29) is 11.3 Å². The van der Waals surface area contributed by atoms with Crippen LogP contribution in [-0.4, -0.2) is 10.2 Å². The first-order valence-electron chi connectivity index (χ1n) is 9.14. The average Bonchev–Trinajstić information content (AvgIpc) is 2.91. The summed E-state index contributed by atoms with van der Waals surface area (Å²) in [6.07, 6.45) is 2.99. The molecule has 0 spiro atoms. The van der Waals surface area contributed by atoms with Gasteiger partial charge in [0.05, 0.1) is 21.5 Å². The normalized spacial score (nSPS) is 15.7. The van der Waals surface area contributed by atoms with Gasteiger partial charge in [-0.25, -0.2) is 0 Å². The van der Waals surface area contributed by atoms with Gasteiger partial charge in [-0.3, -0.25) is 14.5 Å². The van der Waals surface area contributed by atoms with Crippen molar-refractivity contribution in [3.8, 4) is 0 Å². The van der Waals surface area contributed by atoms with Gasteiger partial charge in [-0.1, -0.05) is 47.7 Å². The zero-order valence-corrected chi connectivity index (χ0v) is 18.2. The molecule has 2 aromatic carbocycles. The van der Waals surface area contributed by atoms with E-state index in [9.17, 15) is 9.59 Å². The molecule has 1 fully saturated rings. The van der Waals surface area contributed by atoms with Crippen molar-refractivity contribution >= 4 is 56.9 Å². The smallest absolute Gasteiger partial charge is 0.270 e. The Balaban J connectivity index is 1.78. The van der Waals surface area contributed by atoms with Gasteiger partial charge in [-0.15, -0.1) is 0 Å². The number of hydrogen-bond donors (Lipinski definition) is 0. The Morgan fingerprint density at radius 1 is 1.00 bits per heavy atom. The Morgan fingerprint density at radius 2 is 1.72 bits per heavy atom. The van der Waals surface area contributed by atoms with Gasteiger partial charge >= 0.3 is 0 Å². The molecule has 1 aromatic heterocycles. The highest BCUT2D eigenvalue weighted by atomic mass is 32.2. The monoisotopic (exact) mass is 421 g/mol. The zero-order valence-electron chi connectivity index (χ0n) is 16.5. The van der Waals surface area contributed by atoms with Crippen molar-refractivity contribution in [1.82, 2.24) is 0 Å². The van der Waals surface area contributed by atoms with Crippen LogP contribution in [0.5, 0.6) is 0 Å². The average molecular weight is 422 g/mol. The second kappa shape index (κ2) is 7.28. The largest absolute Gasteiger partial charge is 0.463 e. The maximum absolute atomic E-state index is 13.1. The number of thiocarbonyl (C=S) groups is 1. The third-order valence-electron chi connectivity index (χ3n) is 4.92. The number of fused-ring (bicyclic) bond motifs is 1. The second-order valence-electron chi connectivity index (χ2n) is 7.28. The van der Waals surface area contributed by atoms with E-state index in [0.29, 0.717) is 25.8 Å². The number of hydrogen-bond acceptors (Lipinski definition) is 5. The minimum atomic E-state index is -0.230. The van der Waals surface area contributed by atoms with Crippen molar-refractivity contribution in [2.75, 3.05) is 4.90 Å². The first kappa shape index (κ1) is 19.6. The lowest BCUT2D eigenvalue weighted by atomic mass is 10.0. The molecule has 2 heterocycles. The molecule has 0 radical (unpaired) electrons. The molecule has 0 aliphatic carbocycles. The highest BCUT2D eigenvalue weighted by molar-refractivity contribution is 8.27. The predicted molar refractivity (Wildman–Crippen MR) is 124 cm³/mol. The standard InChI is InChI=1S/C23H19NO3S2/c1-12-5-6-17(14(3)7-12)24-22(26)19(29-23(24)28)10-16-11-27-18-9-13(2)8-15(4)20(18)21(16)25/h5-11H,1-4H3/b19-10+. The molecule has 0 unspecified atom stereocenters. The lowest BCUT2D eigenvalue weighted by Gasteiger charge is -2.17. The van der Waals surface area contributed by atoms with Crippen LogP contribution in [0.3, 0.4) is 0 Å². The fourth-order valence-corrected chi connectivity index (χ4v) is 4.89. The number of aryl methyl sites for hydroxylation is 4. The third-order valence-corrected chi connectivity index (χ3v) is 6.22. The molecule has 0 saturated carbocycles. The summed E-state index contributed by atoms with van der Waals surface area (Å²) in [4.78, 5) is 28.0. The van der Waals surface area contributed by atoms with Crippen LogP contribution in [0, 0.1) is 27.7 Å². The van der Waals surface area contributed by atoms with Gasteiger partial charge in [-0.2, -0.15) is 0 Å². The van der Waals surface area contributed by atoms with E-state index in [1.807, 2.05) is 58.0 Å². The Labute approximate surface area is 178 Å². The minimum absolute atomic E-state index is 0.152. The molecule has 1 aliphatic rings. The summed E-state index contributed by atoms with van der Waals surface area (Å²) < 4.78 is 6.14. The van der Waals surface area contributed by atoms with Crippen molar-refractivity contribution in [1.29, 1.82) is 0 Å². The van der Waals surface area contributed by atoms with Crippen LogP contribution in [0.1, 0.15) is 27.8 Å². The van der Waals surface area contributed by atoms with Crippen LogP contribution in [-0.2, 0) is 4.79 Å². The number of benzene rings is 2. The molecule has 1 aliphatic heterocycles. The summed E-state index contributed by atoms with van der Waals surface area (Å²) >= 11 is 6.65. The van der Waals surface area contributed by atoms with Crippen LogP contribution >= 0.6 is 24.0 Å². The van der Waals surface area contributed by atoms with Crippen molar-refractivity contribution < 1.29 is 9.21 Å². The molecule has 3 aromatic rings. The number of amides is 1. The second-order valence-corrected chi connectivity index (χ2v) is 8.96. The van der Waals surface area contributed by atoms with E-state index in [4.69, 9.17) is 16.6 Å². The van der Waals surface area contributed by atoms with Crippen molar-refractivity contribution in [2.45, 2.75) is 27.7 Å². The molecule has 4 nitrogen and oxygen atoms in total. The van der Waals surface area contributed by atoms with Crippen LogP contribution < -0.4 is 10.3 Å². The molecule has 6 heteroatoms. The summed E-state index contributed by atoms with van der Waals surface area (Å²) in [5.41, 5.74) is 5.47. The number of carbonyl (C=O) groups is 1. The van der Waals surface area contributed by atoms with Crippen LogP contribution in [0.25, 0.3) is 17.0 Å². The first-order valence-corrected chi connectivity index (χ1v) is 10.4. The highest BCUT2D eigenvalue weighted by Crippen LogP contribution is 2.37. The molecule has 29 heavy (non-hydrogen) atoms. The van der Waals surface area contributed by atoms with Gasteiger partial charge in [0.25, 0.3) is 5.91 Å². The fourth-order valence-electron chi connectivity index (χ4n) is 3.61. The van der Waals surface area contributed by atoms with Gasteiger partial charge in [0.2, 0.25) is 0 Å². The fraction of sp³-hybridized carbons (Fsp3) is 0.174. The van der Waals surface area contributed by atoms with Crippen LogP contribution in [0.2, 0.25) is 0 Å². The van der Waals surface area contributed by atoms with Crippen LogP contribution in [0.15, 0.2) is 50.7 Å². The molecule has 0 N–H and O–H groups in total. The van der Waals surface area contributed by atoms with E-state index < -0.39 is 0 Å². The third kappa shape index (κ3) is 3.43. The van der Waals surface area contributed by atoms with E-state index >= 15 is 0 Å². The molecule has 1 saturated heterocycles. The predicted octanol–water partition coefficient (Wildman–Crippen LogP) is 5.43. The Bertz CT molecular complexity index is 1290. The number of rotatable bonds is 2. The Hall–Kier alpha value is -2.70. The summed E-state index contributed by atoms with van der Waals surface area (Å²) in [5.74, 6) is -0.230. The zero-order chi connectivity index (χ0) is 20.9. The van der Waals surface area contributed by atoms with E-state index in [0.717, 1.165) is 27.9 Å². The molecule has 146 valence electrons. The maximum Gasteiger partial charge on any atom is 0.270 e. The number of nitrogens with zero attached hydrogens (tertiary/aromatic N) is 1. The number of thioether (sulfide) groups is 1. The Morgan fingerprint density at radius 3 is 2.45 bits per heavy atom. The minimum Gasteiger partial charge on any atom is -0.463 e. The topological polar surface area (TPSA) is 50.5 Å². The SMILES string of the molecule is Cc1ccc(N2C(=O)/C(=C\c3coc4cc(C)cc(C)c4c3=O)SC2=S)c(C)c1. The van der Waals surface area contributed by atoms with Gasteiger partial charge in [0.15, 0.2) is 9.75 Å². The summed E-state index contributed by atoms with van der Waals surface area (Å²) in [5, 5.41) is 0.536. The van der Waals surface area contributed by atoms with Gasteiger partial charge in [0, 0.05) is 0 Å². The number of carbonyl (C=O) groups excluding carboxylic acids is 1. The quantitative estimate of drug-likeness (QED) is 0.408. The van der Waals surface area contributed by atoms with Crippen molar-refractivity contribution in [3.05, 3.63) is 79.5 Å².